The molecule has 11 aliphatic heterocycles. The lowest BCUT2D eigenvalue weighted by molar-refractivity contribution is -0.424. The highest BCUT2D eigenvalue weighted by Gasteiger charge is 2.64. The number of hydrogen-bond acceptors (Lipinski definition) is 59. The van der Waals surface area contributed by atoms with Crippen molar-refractivity contribution in [2.75, 3.05) is 72.7 Å². The van der Waals surface area contributed by atoms with E-state index in [1.165, 1.54) is 20.8 Å². The first kappa shape index (κ1) is 121. The molecule has 146 heavy (non-hydrogen) atoms. The van der Waals surface area contributed by atoms with Gasteiger partial charge < -0.3 is 283 Å². The van der Waals surface area contributed by atoms with Gasteiger partial charge in [-0.3, -0.25) is 28.8 Å². The molecule has 0 bridgehead atoms. The molecule has 34 N–H and O–H groups in total. The van der Waals surface area contributed by atoms with Crippen molar-refractivity contribution >= 4 is 36.6 Å². The third-order valence-corrected chi connectivity index (χ3v) is 27.3. The Hall–Kier alpha value is -5.22. The van der Waals surface area contributed by atoms with Gasteiger partial charge in [0.15, 0.2) is 50.3 Å². The van der Waals surface area contributed by atoms with E-state index in [0.717, 1.165) is 27.7 Å². The smallest absolute Gasteiger partial charge is 0.332 e. The van der Waals surface area contributed by atoms with Gasteiger partial charge in [-0.15, -0.1) is 0 Å². The monoisotopic (exact) mass is 2130 g/mol. The number of nitrogens with one attached hydrogen (secondary N) is 4. The van der Waals surface area contributed by atoms with Crippen LogP contribution in [0.2, 0.25) is 0 Å². The fourth-order valence-corrected chi connectivity index (χ4v) is 19.1. The number of aliphatic hydroxyl groups excluding tert-OH is 30. The van der Waals surface area contributed by atoms with Gasteiger partial charge >= 0.3 is 11.9 Å². The molecule has 63 heteroatoms. The molecule has 0 aliphatic carbocycles. The van der Waals surface area contributed by atoms with Gasteiger partial charge in [0.2, 0.25) is 23.6 Å². The van der Waals surface area contributed by atoms with Crippen molar-refractivity contribution in [3.63, 3.8) is 0 Å². The second-order valence-electron chi connectivity index (χ2n) is 37.4. The molecular weight excluding hydrogens is 2000 g/mol. The average molecular weight is 2140 g/mol. The third kappa shape index (κ3) is 27.1. The lowest BCUT2D eigenvalue weighted by atomic mass is 9.87. The Labute approximate surface area is 828 Å². The second kappa shape index (κ2) is 52.8. The Morgan fingerprint density at radius 1 is 0.308 bits per heavy atom. The summed E-state index contributed by atoms with van der Waals surface area (Å²) in [4.78, 5) is 76.0. The molecule has 4 amide bonds. The Morgan fingerprint density at radius 2 is 0.589 bits per heavy atom. The Balaban J connectivity index is 0.887. The fraction of sp³-hybridized carbons (Fsp3) is 0.928. The van der Waals surface area contributed by atoms with Gasteiger partial charge in [0.1, 0.15) is 238 Å². The van der Waals surface area contributed by atoms with Crippen LogP contribution in [0, 0.1) is 11.8 Å². The van der Waals surface area contributed by atoms with Crippen LogP contribution < -0.4 is 21.3 Å². The van der Waals surface area contributed by atoms with E-state index in [2.05, 4.69) is 21.3 Å². The average Bonchev–Trinajstić information content (AvgIpc) is 0.827. The molecule has 0 radical (unpaired) electrons. The zero-order valence-electron chi connectivity index (χ0n) is 79.4. The Morgan fingerprint density at radius 3 is 0.932 bits per heavy atom. The van der Waals surface area contributed by atoms with E-state index in [-0.39, 0.29) is 12.9 Å². The lowest BCUT2D eigenvalue weighted by Gasteiger charge is -2.51. The van der Waals surface area contributed by atoms with E-state index >= 15 is 0 Å². The van der Waals surface area contributed by atoms with E-state index in [1.807, 2.05) is 0 Å². The van der Waals surface area contributed by atoms with E-state index in [4.69, 9.17) is 109 Å². The van der Waals surface area contributed by atoms with Crippen LogP contribution in [0.5, 0.6) is 0 Å². The molecule has 844 valence electrons. The van der Waals surface area contributed by atoms with E-state index in [1.54, 1.807) is 0 Å². The van der Waals surface area contributed by atoms with Crippen LogP contribution in [0.3, 0.4) is 0 Å². The molecule has 63 nitrogen and oxygen atoms in total. The molecule has 0 aromatic heterocycles. The quantitative estimate of drug-likeness (QED) is 0.0199. The van der Waals surface area contributed by atoms with Crippen molar-refractivity contribution in [2.45, 2.75) is 398 Å². The molecule has 0 aromatic carbocycles. The molecule has 11 saturated heterocycles. The topological polar surface area (TPSA) is 970 Å². The highest BCUT2D eigenvalue weighted by atomic mass is 16.9. The first-order valence-corrected chi connectivity index (χ1v) is 46.9. The summed E-state index contributed by atoms with van der Waals surface area (Å²) in [5.74, 6) is -11.2. The Bertz CT molecular complexity index is 4070. The highest BCUT2D eigenvalue weighted by molar-refractivity contribution is 5.74. The summed E-state index contributed by atoms with van der Waals surface area (Å²) >= 11 is 0. The standard InChI is InChI=1S/C83H138N4O59/c1-23-30(102)8-82(127-21-96,145-65(23)47(106)32(104)10-88)125-19-41-51(110)58(117)62(121)77(136-41)139-68-37(15-93)133-75(45(56(68)115)86-28(6)100)143-72-60(119)49(108)34(12-90)130-80(72)124-18-40-53(112)71(64(123)79(135-40)141-70-39(17-95)132-74(44(55(70)114)85-27(5)99)138-67-36(14-92)129-25(3)43(54(67)113)84-26(4)98)142-81-73(61(120)50(109)35(13-91)131-81)144-76-46(87-29(7)101)57(116)69(38(16-94)134-76)140-78-63(122)59(118)52(111)42(137-78)20-126-83(128-22-97)9-31(103)24(2)66(146-83)48(107)33(105)11-89/h21-25,30-81,88-95,102-123H,8-20H2,1-7H3,(H,84,98)(H,85,99)(H,86,100)(H,87,101)/t23-,24-,25+,30-,31-,32?,33?,34?,35?,36?,37+,38?,39?,40?,41?,42?,43?,44?,45?,46?,47-,48-,49-,50-,51+,52+,53-,54-,55-,56?,57-,58+,59+,60+,61?,62?,63?,64?,65?,66?,67-,68-,69-,70-,71+,72?,73?,74+,75+,76+,77+,78+,79+,80+,81-,82+,83+/m1/s1. The summed E-state index contributed by atoms with van der Waals surface area (Å²) in [6, 6.07) is -7.37. The summed E-state index contributed by atoms with van der Waals surface area (Å²) in [6.45, 7) is -4.99. The maximum Gasteiger partial charge on any atom is 0.332 e. The molecular formula is C83H138N4O59. The zero-order chi connectivity index (χ0) is 108. The van der Waals surface area contributed by atoms with Crippen molar-refractivity contribution in [3.8, 4) is 0 Å². The van der Waals surface area contributed by atoms with Gasteiger partial charge in [0.05, 0.1) is 122 Å². The first-order chi connectivity index (χ1) is 69.0. The molecule has 23 unspecified atom stereocenters. The summed E-state index contributed by atoms with van der Waals surface area (Å²) in [5, 5.41) is 349. The van der Waals surface area contributed by atoms with Gasteiger partial charge in [0.25, 0.3) is 12.9 Å². The van der Waals surface area contributed by atoms with Gasteiger partial charge in [-0.1, -0.05) is 13.8 Å². The molecule has 11 aliphatic rings. The number of amides is 4. The molecule has 11 heterocycles. The normalized spacial score (nSPS) is 47.5. The van der Waals surface area contributed by atoms with Gasteiger partial charge in [-0.25, -0.2) is 0 Å². The van der Waals surface area contributed by atoms with Gasteiger partial charge in [-0.2, -0.15) is 0 Å². The maximum atomic E-state index is 13.3. The Kier molecular flexibility index (Phi) is 43.8. The fourth-order valence-electron chi connectivity index (χ4n) is 19.1. The summed E-state index contributed by atoms with van der Waals surface area (Å²) < 4.78 is 137. The van der Waals surface area contributed by atoms with Crippen molar-refractivity contribution in [2.24, 2.45) is 11.8 Å². The van der Waals surface area contributed by atoms with Crippen LogP contribution in [0.4, 0.5) is 0 Å². The van der Waals surface area contributed by atoms with Crippen molar-refractivity contribution < 1.29 is 291 Å². The van der Waals surface area contributed by atoms with Crippen LogP contribution in [-0.4, -0.2) is 599 Å². The number of carbonyl (C=O) groups is 6. The van der Waals surface area contributed by atoms with Crippen molar-refractivity contribution in [3.05, 3.63) is 0 Å². The summed E-state index contributed by atoms with van der Waals surface area (Å²) in [7, 11) is 0. The first-order valence-electron chi connectivity index (χ1n) is 46.9. The zero-order valence-corrected chi connectivity index (χ0v) is 79.4. The van der Waals surface area contributed by atoms with E-state index < -0.39 is 458 Å². The number of aliphatic hydroxyl groups is 30. The van der Waals surface area contributed by atoms with Crippen LogP contribution >= 0.6 is 0 Å². The summed E-state index contributed by atoms with van der Waals surface area (Å²) in [5.41, 5.74) is 0. The maximum absolute atomic E-state index is 13.3. The van der Waals surface area contributed by atoms with Crippen LogP contribution in [-0.2, 0) is 138 Å². The minimum atomic E-state index is -2.70. The van der Waals surface area contributed by atoms with Crippen LogP contribution in [0.25, 0.3) is 0 Å². The number of ether oxygens (including phenoxy) is 23. The van der Waals surface area contributed by atoms with Crippen molar-refractivity contribution in [1.82, 2.24) is 21.3 Å². The number of hydrogen-bond donors (Lipinski definition) is 34. The predicted octanol–water partition coefficient (Wildman–Crippen LogP) is -22.3. The van der Waals surface area contributed by atoms with Crippen LogP contribution in [0.15, 0.2) is 0 Å². The lowest BCUT2D eigenvalue weighted by Crippen LogP contribution is -2.71. The predicted molar refractivity (Wildman–Crippen MR) is 452 cm³/mol. The van der Waals surface area contributed by atoms with Gasteiger partial charge in [0, 0.05) is 39.5 Å². The molecule has 11 rings (SSSR count). The third-order valence-electron chi connectivity index (χ3n) is 27.3. The minimum Gasteiger partial charge on any atom is -0.410 e. The second-order valence-corrected chi connectivity index (χ2v) is 37.4. The highest BCUT2D eigenvalue weighted by Crippen LogP contribution is 2.45. The molecule has 11 fully saturated rings. The number of carbonyl (C=O) groups excluding carboxylic acids is 6. The molecule has 0 spiro atoms. The molecule has 0 saturated carbocycles. The summed E-state index contributed by atoms with van der Waals surface area (Å²) in [6.07, 6.45) is -105. The van der Waals surface area contributed by atoms with E-state index in [0.29, 0.717) is 0 Å². The molecule has 0 aromatic rings. The minimum absolute atomic E-state index is 0.202. The largest absolute Gasteiger partial charge is 0.410 e. The molecule has 57 atom stereocenters. The van der Waals surface area contributed by atoms with Gasteiger partial charge in [-0.05, 0) is 6.92 Å². The SMILES string of the molecule is CC(=O)NC1C(O)[C@H](O[C@@H]2OC(CO[C@]3(OC=O)C[C@@H](O)[C@@H](C)C([C@H](O)C(O)CO)O3)[C@H](O)[C@H](O)C2O)[C@H](CO)O[C@H]1OC1[C@@H](OCC2O[C@@H](O[C@@H]3C(CO)O[C@@H](O[C@@H]4C(CO)O[C@@H](C)C(NC(C)=O)[C@H]4O)C(NC(C)=O)[C@H]3O)C(O)[C@@H](O[C@H]3OC(CO)[C@@H](O)C(O)C3O[C@@H]3OC(CO)[C@@H](O[C@@H]4OC(CO[C@]5(OC=O)C[C@@H](O)[C@@H](C)C([C@H](O)C(O)CO)O5)[C@H](O)[C@H](O)C4O)[C@H](O)C3NC(C)=O)[C@@H]2O)OC(CO)[C@@H](O)[C@@H]1O. The van der Waals surface area contributed by atoms with Crippen LogP contribution in [0.1, 0.15) is 61.3 Å². The number of rotatable bonds is 43. The van der Waals surface area contributed by atoms with E-state index in [9.17, 15) is 182 Å². The van der Waals surface area contributed by atoms with Crippen molar-refractivity contribution in [1.29, 1.82) is 0 Å².